The van der Waals surface area contributed by atoms with Crippen LogP contribution < -0.4 is 5.32 Å². The third kappa shape index (κ3) is 3.72. The van der Waals surface area contributed by atoms with Crippen LogP contribution in [-0.4, -0.2) is 30.3 Å². The SMILES string of the molecule is COC(=O)C1(NC(=O)CCC(=O)c2ccccc2)CCCC1. The molecule has 1 N–H and O–H groups in total. The molecule has 0 unspecified atom stereocenters. The fourth-order valence-electron chi connectivity index (χ4n) is 2.88. The van der Waals surface area contributed by atoms with Gasteiger partial charge in [0.15, 0.2) is 5.78 Å². The van der Waals surface area contributed by atoms with Crippen LogP contribution in [-0.2, 0) is 14.3 Å². The second kappa shape index (κ2) is 7.20. The molecule has 22 heavy (non-hydrogen) atoms. The minimum absolute atomic E-state index is 0.0747. The summed E-state index contributed by atoms with van der Waals surface area (Å²) in [6.45, 7) is 0. The van der Waals surface area contributed by atoms with Gasteiger partial charge in [-0.2, -0.15) is 0 Å². The molecule has 0 aliphatic heterocycles. The maximum atomic E-state index is 12.1. The maximum Gasteiger partial charge on any atom is 0.331 e. The quantitative estimate of drug-likeness (QED) is 0.646. The molecule has 1 aromatic rings. The number of hydrogen-bond acceptors (Lipinski definition) is 4. The van der Waals surface area contributed by atoms with Crippen molar-refractivity contribution in [1.29, 1.82) is 0 Å². The number of rotatable bonds is 6. The van der Waals surface area contributed by atoms with Crippen molar-refractivity contribution in [2.75, 3.05) is 7.11 Å². The number of esters is 1. The van der Waals surface area contributed by atoms with Gasteiger partial charge in [0, 0.05) is 18.4 Å². The van der Waals surface area contributed by atoms with E-state index in [1.54, 1.807) is 24.3 Å². The van der Waals surface area contributed by atoms with Crippen LogP contribution >= 0.6 is 0 Å². The van der Waals surface area contributed by atoms with Crippen LogP contribution in [0.3, 0.4) is 0 Å². The summed E-state index contributed by atoms with van der Waals surface area (Å²) in [6, 6.07) is 8.88. The molecule has 0 saturated heterocycles. The van der Waals surface area contributed by atoms with E-state index >= 15 is 0 Å². The highest BCUT2D eigenvalue weighted by molar-refractivity contribution is 5.98. The van der Waals surface area contributed by atoms with Crippen molar-refractivity contribution in [1.82, 2.24) is 5.32 Å². The van der Waals surface area contributed by atoms with Crippen molar-refractivity contribution in [3.05, 3.63) is 35.9 Å². The second-order valence-corrected chi connectivity index (χ2v) is 5.62. The van der Waals surface area contributed by atoms with E-state index in [1.165, 1.54) is 7.11 Å². The molecule has 1 aliphatic rings. The molecule has 5 nitrogen and oxygen atoms in total. The van der Waals surface area contributed by atoms with Crippen molar-refractivity contribution in [3.63, 3.8) is 0 Å². The van der Waals surface area contributed by atoms with E-state index in [2.05, 4.69) is 5.32 Å². The van der Waals surface area contributed by atoms with Crippen LogP contribution in [0, 0.1) is 0 Å². The third-order valence-corrected chi connectivity index (χ3v) is 4.09. The highest BCUT2D eigenvalue weighted by atomic mass is 16.5. The summed E-state index contributed by atoms with van der Waals surface area (Å²) in [5, 5.41) is 2.78. The van der Waals surface area contributed by atoms with Crippen LogP contribution in [0.1, 0.15) is 48.9 Å². The molecular weight excluding hydrogens is 282 g/mol. The van der Waals surface area contributed by atoms with Gasteiger partial charge in [0.1, 0.15) is 5.54 Å². The predicted octanol–water partition coefficient (Wildman–Crippen LogP) is 2.25. The fourth-order valence-corrected chi connectivity index (χ4v) is 2.88. The van der Waals surface area contributed by atoms with Crippen LogP contribution in [0.5, 0.6) is 0 Å². The van der Waals surface area contributed by atoms with Gasteiger partial charge in [-0.05, 0) is 12.8 Å². The van der Waals surface area contributed by atoms with E-state index < -0.39 is 11.5 Å². The molecule has 5 heteroatoms. The van der Waals surface area contributed by atoms with Gasteiger partial charge in [-0.15, -0.1) is 0 Å². The fraction of sp³-hybridized carbons (Fsp3) is 0.471. The lowest BCUT2D eigenvalue weighted by Crippen LogP contribution is -2.53. The minimum atomic E-state index is -0.901. The Bertz CT molecular complexity index is 547. The van der Waals surface area contributed by atoms with Gasteiger partial charge in [-0.25, -0.2) is 4.79 Å². The molecule has 0 spiro atoms. The molecule has 0 atom stereocenters. The summed E-state index contributed by atoms with van der Waals surface area (Å²) >= 11 is 0. The van der Waals surface area contributed by atoms with E-state index in [0.29, 0.717) is 18.4 Å². The number of ketones is 1. The molecule has 0 aromatic heterocycles. The van der Waals surface area contributed by atoms with E-state index in [0.717, 1.165) is 12.8 Å². The molecule has 1 aromatic carbocycles. The van der Waals surface area contributed by atoms with Crippen LogP contribution in [0.4, 0.5) is 0 Å². The van der Waals surface area contributed by atoms with Crippen LogP contribution in [0.15, 0.2) is 30.3 Å². The number of carbonyl (C=O) groups is 3. The largest absolute Gasteiger partial charge is 0.467 e. The zero-order chi connectivity index (χ0) is 16.0. The molecule has 1 saturated carbocycles. The van der Waals surface area contributed by atoms with Crippen molar-refractivity contribution in [3.8, 4) is 0 Å². The van der Waals surface area contributed by atoms with E-state index in [-0.39, 0.29) is 24.5 Å². The number of Topliss-reactive ketones (excluding diaryl/α,β-unsaturated/α-hetero) is 1. The van der Waals surface area contributed by atoms with Gasteiger partial charge < -0.3 is 10.1 Å². The average Bonchev–Trinajstić information content (AvgIpc) is 3.02. The summed E-state index contributed by atoms with van der Waals surface area (Å²) in [6.07, 6.45) is 3.17. The Morgan fingerprint density at radius 3 is 2.32 bits per heavy atom. The highest BCUT2D eigenvalue weighted by Gasteiger charge is 2.43. The summed E-state index contributed by atoms with van der Waals surface area (Å²) in [4.78, 5) is 36.0. The minimum Gasteiger partial charge on any atom is -0.467 e. The Labute approximate surface area is 130 Å². The van der Waals surface area contributed by atoms with Gasteiger partial charge in [0.25, 0.3) is 0 Å². The van der Waals surface area contributed by atoms with Crippen LogP contribution in [0.25, 0.3) is 0 Å². The molecule has 0 heterocycles. The Hall–Kier alpha value is -2.17. The molecule has 0 radical (unpaired) electrons. The van der Waals surface area contributed by atoms with Crippen molar-refractivity contribution < 1.29 is 19.1 Å². The zero-order valence-corrected chi connectivity index (χ0v) is 12.8. The first-order valence-corrected chi connectivity index (χ1v) is 7.55. The number of benzene rings is 1. The van der Waals surface area contributed by atoms with E-state index in [4.69, 9.17) is 4.74 Å². The van der Waals surface area contributed by atoms with Gasteiger partial charge in [-0.3, -0.25) is 9.59 Å². The molecular formula is C17H21NO4. The molecule has 1 fully saturated rings. The second-order valence-electron chi connectivity index (χ2n) is 5.62. The summed E-state index contributed by atoms with van der Waals surface area (Å²) in [5.74, 6) is -0.751. The molecule has 1 amide bonds. The number of hydrogen-bond donors (Lipinski definition) is 1. The Kier molecular flexibility index (Phi) is 5.31. The smallest absolute Gasteiger partial charge is 0.331 e. The lowest BCUT2D eigenvalue weighted by atomic mass is 9.97. The average molecular weight is 303 g/mol. The third-order valence-electron chi connectivity index (χ3n) is 4.09. The van der Waals surface area contributed by atoms with E-state index in [9.17, 15) is 14.4 Å². The lowest BCUT2D eigenvalue weighted by molar-refractivity contribution is -0.150. The normalized spacial score (nSPS) is 16.0. The lowest BCUT2D eigenvalue weighted by Gasteiger charge is -2.27. The predicted molar refractivity (Wildman–Crippen MR) is 81.4 cm³/mol. The van der Waals surface area contributed by atoms with Crippen molar-refractivity contribution >= 4 is 17.7 Å². The molecule has 0 bridgehead atoms. The number of nitrogens with one attached hydrogen (secondary N) is 1. The Balaban J connectivity index is 1.89. The standard InChI is InChI=1S/C17H21NO4/c1-22-16(21)17(11-5-6-12-17)18-15(20)10-9-14(19)13-7-3-2-4-8-13/h2-4,7-8H,5-6,9-12H2,1H3,(H,18,20). The number of amides is 1. The Morgan fingerprint density at radius 2 is 1.73 bits per heavy atom. The first-order valence-electron chi connectivity index (χ1n) is 7.55. The summed E-state index contributed by atoms with van der Waals surface area (Å²) in [5.41, 5.74) is -0.305. The van der Waals surface area contributed by atoms with Crippen LogP contribution in [0.2, 0.25) is 0 Å². The van der Waals surface area contributed by atoms with Crippen molar-refractivity contribution in [2.45, 2.75) is 44.1 Å². The van der Waals surface area contributed by atoms with Gasteiger partial charge in [-0.1, -0.05) is 43.2 Å². The first kappa shape index (κ1) is 16.2. The van der Waals surface area contributed by atoms with E-state index in [1.807, 2.05) is 6.07 Å². The maximum absolute atomic E-state index is 12.1. The number of methoxy groups -OCH3 is 1. The summed E-state index contributed by atoms with van der Waals surface area (Å²) < 4.78 is 4.81. The van der Waals surface area contributed by atoms with Gasteiger partial charge in [0.05, 0.1) is 7.11 Å². The molecule has 2 rings (SSSR count). The monoisotopic (exact) mass is 303 g/mol. The number of ether oxygens (including phenoxy) is 1. The van der Waals surface area contributed by atoms with Crippen molar-refractivity contribution in [2.24, 2.45) is 0 Å². The summed E-state index contributed by atoms with van der Waals surface area (Å²) in [7, 11) is 1.33. The zero-order valence-electron chi connectivity index (χ0n) is 12.8. The number of carbonyl (C=O) groups excluding carboxylic acids is 3. The first-order chi connectivity index (χ1) is 10.6. The highest BCUT2D eigenvalue weighted by Crippen LogP contribution is 2.31. The molecule has 1 aliphatic carbocycles. The molecule has 118 valence electrons. The Morgan fingerprint density at radius 1 is 1.09 bits per heavy atom. The topological polar surface area (TPSA) is 72.5 Å². The van der Waals surface area contributed by atoms with Gasteiger partial charge >= 0.3 is 5.97 Å². The van der Waals surface area contributed by atoms with Gasteiger partial charge in [0.2, 0.25) is 5.91 Å².